The fourth-order valence-corrected chi connectivity index (χ4v) is 3.47. The van der Waals surface area contributed by atoms with Crippen LogP contribution in [0.5, 0.6) is 0 Å². The first-order valence-corrected chi connectivity index (χ1v) is 8.20. The van der Waals surface area contributed by atoms with E-state index in [4.69, 9.17) is 5.73 Å². The van der Waals surface area contributed by atoms with Crippen molar-refractivity contribution in [1.29, 1.82) is 0 Å². The van der Waals surface area contributed by atoms with Gasteiger partial charge in [0.1, 0.15) is 0 Å². The lowest BCUT2D eigenvalue weighted by molar-refractivity contribution is -0.136. The molecule has 1 saturated carbocycles. The minimum absolute atomic E-state index is 0.0252. The molecule has 120 valence electrons. The third-order valence-electron chi connectivity index (χ3n) is 5.28. The van der Waals surface area contributed by atoms with Crippen LogP contribution < -0.4 is 5.73 Å². The highest BCUT2D eigenvalue weighted by molar-refractivity contribution is 5.89. The Morgan fingerprint density at radius 1 is 1.38 bits per heavy atom. The van der Waals surface area contributed by atoms with Crippen molar-refractivity contribution in [3.63, 3.8) is 0 Å². The highest BCUT2D eigenvalue weighted by atomic mass is 16.2. The van der Waals surface area contributed by atoms with E-state index < -0.39 is 0 Å². The highest BCUT2D eigenvalue weighted by Crippen LogP contribution is 2.31. The van der Waals surface area contributed by atoms with Gasteiger partial charge < -0.3 is 15.5 Å². The van der Waals surface area contributed by atoms with Gasteiger partial charge in [-0.05, 0) is 38.5 Å². The van der Waals surface area contributed by atoms with E-state index in [-0.39, 0.29) is 23.8 Å². The van der Waals surface area contributed by atoms with Crippen LogP contribution in [0.3, 0.4) is 0 Å². The third-order valence-corrected chi connectivity index (χ3v) is 5.28. The van der Waals surface area contributed by atoms with E-state index in [1.54, 1.807) is 11.9 Å². The lowest BCUT2D eigenvalue weighted by Gasteiger charge is -2.34. The molecule has 0 aromatic heterocycles. The van der Waals surface area contributed by atoms with Crippen LogP contribution in [0, 0.1) is 11.8 Å². The maximum absolute atomic E-state index is 12.5. The average Bonchev–Trinajstić information content (AvgIpc) is 2.87. The Kier molecular flexibility index (Phi) is 5.25. The van der Waals surface area contributed by atoms with E-state index in [2.05, 4.69) is 6.92 Å². The highest BCUT2D eigenvalue weighted by Gasteiger charge is 2.40. The molecule has 2 amide bonds. The molecule has 2 unspecified atom stereocenters. The lowest BCUT2D eigenvalue weighted by atomic mass is 9.86. The Labute approximate surface area is 127 Å². The molecule has 0 aromatic rings. The van der Waals surface area contributed by atoms with Gasteiger partial charge in [-0.1, -0.05) is 6.92 Å². The smallest absolute Gasteiger partial charge is 0.228 e. The number of hydrogen-bond donors (Lipinski definition) is 1. The number of nitrogens with two attached hydrogens (primary N) is 1. The van der Waals surface area contributed by atoms with Gasteiger partial charge in [0.15, 0.2) is 0 Å². The second-order valence-electron chi connectivity index (χ2n) is 6.89. The SMILES string of the molecule is CC1CCC(N2CC(C(=O)N(C)C(C)CN)CC2=O)CC1. The van der Waals surface area contributed by atoms with Crippen molar-refractivity contribution in [1.82, 2.24) is 9.80 Å². The van der Waals surface area contributed by atoms with Gasteiger partial charge in [0.25, 0.3) is 0 Å². The monoisotopic (exact) mass is 295 g/mol. The first kappa shape index (κ1) is 16.3. The van der Waals surface area contributed by atoms with Crippen LogP contribution >= 0.6 is 0 Å². The van der Waals surface area contributed by atoms with E-state index in [1.165, 1.54) is 12.8 Å². The van der Waals surface area contributed by atoms with Crippen LogP contribution in [0.15, 0.2) is 0 Å². The largest absolute Gasteiger partial charge is 0.341 e. The molecular weight excluding hydrogens is 266 g/mol. The Hall–Kier alpha value is -1.10. The minimum atomic E-state index is -0.184. The van der Waals surface area contributed by atoms with E-state index in [0.717, 1.165) is 18.8 Å². The van der Waals surface area contributed by atoms with Crippen LogP contribution in [0.1, 0.15) is 46.0 Å². The van der Waals surface area contributed by atoms with Crippen LogP contribution in [0.25, 0.3) is 0 Å². The molecule has 5 heteroatoms. The van der Waals surface area contributed by atoms with Gasteiger partial charge in [0.2, 0.25) is 11.8 Å². The molecule has 5 nitrogen and oxygen atoms in total. The first-order chi connectivity index (χ1) is 9.93. The second-order valence-corrected chi connectivity index (χ2v) is 6.89. The summed E-state index contributed by atoms with van der Waals surface area (Å²) < 4.78 is 0. The van der Waals surface area contributed by atoms with E-state index in [0.29, 0.717) is 25.6 Å². The maximum atomic E-state index is 12.5. The summed E-state index contributed by atoms with van der Waals surface area (Å²) in [6.45, 7) is 5.26. The molecule has 1 aliphatic heterocycles. The zero-order chi connectivity index (χ0) is 15.6. The van der Waals surface area contributed by atoms with Crippen molar-refractivity contribution in [3.05, 3.63) is 0 Å². The lowest BCUT2D eigenvalue weighted by Crippen LogP contribution is -2.44. The summed E-state index contributed by atoms with van der Waals surface area (Å²) in [6, 6.07) is 0.376. The number of carbonyl (C=O) groups is 2. The Bertz CT molecular complexity index is 391. The van der Waals surface area contributed by atoms with E-state index in [9.17, 15) is 9.59 Å². The molecule has 2 fully saturated rings. The summed E-state index contributed by atoms with van der Waals surface area (Å²) in [5, 5.41) is 0. The number of likely N-dealkylation sites (N-methyl/N-ethyl adjacent to an activating group) is 1. The molecule has 0 radical (unpaired) electrons. The molecular formula is C16H29N3O2. The Balaban J connectivity index is 1.94. The molecule has 1 saturated heterocycles. The molecule has 21 heavy (non-hydrogen) atoms. The van der Waals surface area contributed by atoms with E-state index >= 15 is 0 Å². The van der Waals surface area contributed by atoms with Crippen molar-refractivity contribution in [2.24, 2.45) is 17.6 Å². The summed E-state index contributed by atoms with van der Waals surface area (Å²) in [5.74, 6) is 0.804. The molecule has 1 heterocycles. The topological polar surface area (TPSA) is 66.6 Å². The standard InChI is InChI=1S/C16H29N3O2/c1-11-4-6-14(7-5-11)19-10-13(8-15(19)20)16(21)18(3)12(2)9-17/h11-14H,4-10,17H2,1-3H3. The van der Waals surface area contributed by atoms with Crippen LogP contribution in [-0.4, -0.2) is 53.8 Å². The molecule has 2 N–H and O–H groups in total. The fraction of sp³-hybridized carbons (Fsp3) is 0.875. The first-order valence-electron chi connectivity index (χ1n) is 8.20. The number of carbonyl (C=O) groups excluding carboxylic acids is 2. The second kappa shape index (κ2) is 6.77. The van der Waals surface area contributed by atoms with Gasteiger partial charge >= 0.3 is 0 Å². The Morgan fingerprint density at radius 3 is 2.57 bits per heavy atom. The van der Waals surface area contributed by atoms with Crippen molar-refractivity contribution >= 4 is 11.8 Å². The van der Waals surface area contributed by atoms with Gasteiger partial charge in [-0.2, -0.15) is 0 Å². The number of rotatable bonds is 4. The summed E-state index contributed by atoms with van der Waals surface area (Å²) >= 11 is 0. The van der Waals surface area contributed by atoms with Gasteiger partial charge in [-0.3, -0.25) is 9.59 Å². The summed E-state index contributed by atoms with van der Waals surface area (Å²) in [6.07, 6.45) is 4.92. The van der Waals surface area contributed by atoms with Gasteiger partial charge in [-0.25, -0.2) is 0 Å². The molecule has 0 bridgehead atoms. The zero-order valence-corrected chi connectivity index (χ0v) is 13.5. The fourth-order valence-electron chi connectivity index (χ4n) is 3.47. The summed E-state index contributed by atoms with van der Waals surface area (Å²) in [4.78, 5) is 28.4. The zero-order valence-electron chi connectivity index (χ0n) is 13.5. The van der Waals surface area contributed by atoms with Crippen LogP contribution in [-0.2, 0) is 9.59 Å². The van der Waals surface area contributed by atoms with Crippen LogP contribution in [0.4, 0.5) is 0 Å². The predicted octanol–water partition coefficient (Wildman–Crippen LogP) is 1.22. The molecule has 2 aliphatic rings. The van der Waals surface area contributed by atoms with Gasteiger partial charge in [0, 0.05) is 38.6 Å². The van der Waals surface area contributed by atoms with Crippen LogP contribution in [0.2, 0.25) is 0 Å². The quantitative estimate of drug-likeness (QED) is 0.848. The molecule has 2 rings (SSSR count). The molecule has 1 aliphatic carbocycles. The predicted molar refractivity (Wildman–Crippen MR) is 82.5 cm³/mol. The molecule has 0 aromatic carbocycles. The minimum Gasteiger partial charge on any atom is -0.341 e. The third kappa shape index (κ3) is 3.57. The number of nitrogens with zero attached hydrogens (tertiary/aromatic N) is 2. The van der Waals surface area contributed by atoms with Crippen molar-refractivity contribution in [2.45, 2.75) is 58.0 Å². The molecule has 0 spiro atoms. The maximum Gasteiger partial charge on any atom is 0.228 e. The Morgan fingerprint density at radius 2 is 2.00 bits per heavy atom. The molecule has 2 atom stereocenters. The van der Waals surface area contributed by atoms with Gasteiger partial charge in [-0.15, -0.1) is 0 Å². The summed E-state index contributed by atoms with van der Waals surface area (Å²) in [7, 11) is 1.79. The normalized spacial score (nSPS) is 31.3. The van der Waals surface area contributed by atoms with E-state index in [1.807, 2.05) is 11.8 Å². The van der Waals surface area contributed by atoms with Gasteiger partial charge in [0.05, 0.1) is 5.92 Å². The van der Waals surface area contributed by atoms with Crippen molar-refractivity contribution < 1.29 is 9.59 Å². The van der Waals surface area contributed by atoms with Crippen molar-refractivity contribution in [2.75, 3.05) is 20.1 Å². The average molecular weight is 295 g/mol. The van der Waals surface area contributed by atoms with Crippen molar-refractivity contribution in [3.8, 4) is 0 Å². The number of hydrogen-bond acceptors (Lipinski definition) is 3. The number of likely N-dealkylation sites (tertiary alicyclic amines) is 1. The summed E-state index contributed by atoms with van der Waals surface area (Å²) in [5.41, 5.74) is 5.62. The number of amides is 2.